The summed E-state index contributed by atoms with van der Waals surface area (Å²) in [5.41, 5.74) is 0. The van der Waals surface area contributed by atoms with Crippen LogP contribution in [0.3, 0.4) is 0 Å². The Bertz CT molecular complexity index is 373. The van der Waals surface area contributed by atoms with Gasteiger partial charge in [0.05, 0.1) is 6.10 Å². The molecule has 0 bridgehead atoms. The van der Waals surface area contributed by atoms with Gasteiger partial charge in [-0.25, -0.2) is 0 Å². The van der Waals surface area contributed by atoms with Crippen molar-refractivity contribution in [1.82, 2.24) is 4.90 Å². The maximum absolute atomic E-state index is 5.75. The summed E-state index contributed by atoms with van der Waals surface area (Å²) in [4.78, 5) is 2.41. The van der Waals surface area contributed by atoms with Gasteiger partial charge in [0.2, 0.25) is 0 Å². The molecule has 1 aromatic rings. The summed E-state index contributed by atoms with van der Waals surface area (Å²) >= 11 is 3.44. The van der Waals surface area contributed by atoms with Crippen molar-refractivity contribution < 1.29 is 9.47 Å². The van der Waals surface area contributed by atoms with Gasteiger partial charge in [0.25, 0.3) is 0 Å². The smallest absolute Gasteiger partial charge is 0.120 e. The summed E-state index contributed by atoms with van der Waals surface area (Å²) in [7, 11) is 0. The lowest BCUT2D eigenvalue weighted by atomic mass is 10.3. The lowest BCUT2D eigenvalue weighted by Gasteiger charge is -2.21. The molecule has 1 atom stereocenters. The number of nitrogens with zero attached hydrogens (tertiary/aromatic N) is 1. The van der Waals surface area contributed by atoms with E-state index in [-0.39, 0.29) is 0 Å². The molecule has 0 aromatic heterocycles. The van der Waals surface area contributed by atoms with Crippen LogP contribution in [0.4, 0.5) is 0 Å². The summed E-state index contributed by atoms with van der Waals surface area (Å²) in [6.07, 6.45) is 1.44. The predicted octanol–water partition coefficient (Wildman–Crippen LogP) is 2.94. The SMILES string of the molecule is CC1CN(CCOc2cccc(Br)c2)CCCO1. The minimum Gasteiger partial charge on any atom is -0.492 e. The van der Waals surface area contributed by atoms with E-state index < -0.39 is 0 Å². The second-order valence-electron chi connectivity index (χ2n) is 4.64. The van der Waals surface area contributed by atoms with Crippen LogP contribution in [-0.2, 0) is 4.74 Å². The number of ether oxygens (including phenoxy) is 2. The van der Waals surface area contributed by atoms with E-state index in [1.54, 1.807) is 0 Å². The van der Waals surface area contributed by atoms with Crippen molar-refractivity contribution in [3.05, 3.63) is 28.7 Å². The van der Waals surface area contributed by atoms with E-state index in [1.807, 2.05) is 24.3 Å². The van der Waals surface area contributed by atoms with Crippen LogP contribution in [0.2, 0.25) is 0 Å². The van der Waals surface area contributed by atoms with Crippen LogP contribution in [0.15, 0.2) is 28.7 Å². The lowest BCUT2D eigenvalue weighted by Crippen LogP contribution is -2.33. The fourth-order valence-corrected chi connectivity index (χ4v) is 2.51. The molecule has 1 heterocycles. The Hall–Kier alpha value is -0.580. The third-order valence-electron chi connectivity index (χ3n) is 3.01. The maximum atomic E-state index is 5.75. The molecular weight excluding hydrogens is 294 g/mol. The summed E-state index contributed by atoms with van der Waals surface area (Å²) < 4.78 is 12.4. The third kappa shape index (κ3) is 4.59. The van der Waals surface area contributed by atoms with Gasteiger partial charge in [0.1, 0.15) is 12.4 Å². The number of rotatable bonds is 4. The standard InChI is InChI=1S/C14H20BrNO2/c1-12-11-16(6-3-8-17-12)7-9-18-14-5-2-4-13(15)10-14/h2,4-5,10,12H,3,6-9,11H2,1H3. The molecule has 1 aromatic carbocycles. The van der Waals surface area contributed by atoms with Crippen molar-refractivity contribution in [3.8, 4) is 5.75 Å². The zero-order valence-electron chi connectivity index (χ0n) is 10.8. The van der Waals surface area contributed by atoms with Crippen LogP contribution in [0, 0.1) is 0 Å². The third-order valence-corrected chi connectivity index (χ3v) is 3.50. The zero-order valence-corrected chi connectivity index (χ0v) is 12.4. The van der Waals surface area contributed by atoms with E-state index in [2.05, 4.69) is 27.8 Å². The van der Waals surface area contributed by atoms with Crippen LogP contribution >= 0.6 is 15.9 Å². The van der Waals surface area contributed by atoms with E-state index >= 15 is 0 Å². The second-order valence-corrected chi connectivity index (χ2v) is 5.56. The van der Waals surface area contributed by atoms with Gasteiger partial charge in [0, 0.05) is 30.7 Å². The quantitative estimate of drug-likeness (QED) is 0.853. The first-order valence-electron chi connectivity index (χ1n) is 6.46. The molecule has 2 rings (SSSR count). The highest BCUT2D eigenvalue weighted by Gasteiger charge is 2.14. The molecule has 4 heteroatoms. The molecule has 0 aliphatic carbocycles. The molecule has 0 radical (unpaired) electrons. The normalized spacial score (nSPS) is 21.6. The number of hydrogen-bond acceptors (Lipinski definition) is 3. The number of halogens is 1. The van der Waals surface area contributed by atoms with Gasteiger partial charge in [0.15, 0.2) is 0 Å². The van der Waals surface area contributed by atoms with Gasteiger partial charge < -0.3 is 9.47 Å². The molecule has 0 spiro atoms. The topological polar surface area (TPSA) is 21.7 Å². The maximum Gasteiger partial charge on any atom is 0.120 e. The Morgan fingerprint density at radius 3 is 3.22 bits per heavy atom. The van der Waals surface area contributed by atoms with Crippen LogP contribution in [0.25, 0.3) is 0 Å². The Morgan fingerprint density at radius 2 is 2.39 bits per heavy atom. The molecule has 3 nitrogen and oxygen atoms in total. The number of benzene rings is 1. The van der Waals surface area contributed by atoms with Crippen molar-refractivity contribution in [2.45, 2.75) is 19.4 Å². The zero-order chi connectivity index (χ0) is 12.8. The molecule has 0 amide bonds. The lowest BCUT2D eigenvalue weighted by molar-refractivity contribution is 0.0658. The fourth-order valence-electron chi connectivity index (χ4n) is 2.13. The molecule has 18 heavy (non-hydrogen) atoms. The summed E-state index contributed by atoms with van der Waals surface area (Å²) in [5.74, 6) is 0.920. The minimum absolute atomic E-state index is 0.332. The van der Waals surface area contributed by atoms with Crippen molar-refractivity contribution in [1.29, 1.82) is 0 Å². The molecule has 1 unspecified atom stereocenters. The monoisotopic (exact) mass is 313 g/mol. The van der Waals surface area contributed by atoms with Crippen LogP contribution in [0.5, 0.6) is 5.75 Å². The fraction of sp³-hybridized carbons (Fsp3) is 0.571. The molecule has 1 fully saturated rings. The van der Waals surface area contributed by atoms with Crippen molar-refractivity contribution in [2.75, 3.05) is 32.8 Å². The van der Waals surface area contributed by atoms with Gasteiger partial charge in [-0.05, 0) is 31.5 Å². The molecule has 1 saturated heterocycles. The molecular formula is C14H20BrNO2. The van der Waals surface area contributed by atoms with Crippen LogP contribution in [0.1, 0.15) is 13.3 Å². The molecule has 1 aliphatic rings. The van der Waals surface area contributed by atoms with Crippen LogP contribution < -0.4 is 4.74 Å². The van der Waals surface area contributed by atoms with Crippen molar-refractivity contribution in [3.63, 3.8) is 0 Å². The van der Waals surface area contributed by atoms with E-state index in [0.717, 1.165) is 49.5 Å². The Kier molecular flexibility index (Phi) is 5.47. The van der Waals surface area contributed by atoms with E-state index in [9.17, 15) is 0 Å². The Morgan fingerprint density at radius 1 is 1.50 bits per heavy atom. The first-order chi connectivity index (χ1) is 8.74. The Balaban J connectivity index is 1.74. The highest BCUT2D eigenvalue weighted by molar-refractivity contribution is 9.10. The van der Waals surface area contributed by atoms with Crippen molar-refractivity contribution >= 4 is 15.9 Å². The minimum atomic E-state index is 0.332. The van der Waals surface area contributed by atoms with Gasteiger partial charge in [-0.1, -0.05) is 22.0 Å². The summed E-state index contributed by atoms with van der Waals surface area (Å²) in [5, 5.41) is 0. The highest BCUT2D eigenvalue weighted by atomic mass is 79.9. The predicted molar refractivity (Wildman–Crippen MR) is 76.1 cm³/mol. The number of hydrogen-bond donors (Lipinski definition) is 0. The Labute approximate surface area is 117 Å². The largest absolute Gasteiger partial charge is 0.492 e. The second kappa shape index (κ2) is 7.12. The summed E-state index contributed by atoms with van der Waals surface area (Å²) in [6.45, 7) is 6.80. The van der Waals surface area contributed by atoms with Crippen molar-refractivity contribution in [2.24, 2.45) is 0 Å². The van der Waals surface area contributed by atoms with Crippen LogP contribution in [-0.4, -0.2) is 43.9 Å². The average molecular weight is 314 g/mol. The first-order valence-corrected chi connectivity index (χ1v) is 7.25. The van der Waals surface area contributed by atoms with Gasteiger partial charge >= 0.3 is 0 Å². The van der Waals surface area contributed by atoms with Gasteiger partial charge in [-0.2, -0.15) is 0 Å². The molecule has 1 aliphatic heterocycles. The molecule has 0 N–H and O–H groups in total. The van der Waals surface area contributed by atoms with E-state index in [4.69, 9.17) is 9.47 Å². The average Bonchev–Trinajstić information content (AvgIpc) is 2.54. The van der Waals surface area contributed by atoms with E-state index in [1.165, 1.54) is 0 Å². The molecule has 100 valence electrons. The van der Waals surface area contributed by atoms with Gasteiger partial charge in [-0.15, -0.1) is 0 Å². The van der Waals surface area contributed by atoms with Gasteiger partial charge in [-0.3, -0.25) is 4.90 Å². The highest BCUT2D eigenvalue weighted by Crippen LogP contribution is 2.17. The first kappa shape index (κ1) is 13.8. The molecule has 0 saturated carbocycles. The van der Waals surface area contributed by atoms with E-state index in [0.29, 0.717) is 6.10 Å². The summed E-state index contributed by atoms with van der Waals surface area (Å²) in [6, 6.07) is 7.97.